The molecule has 2 rings (SSSR count). The Bertz CT molecular complexity index is 829. The molecule has 2 aromatic rings. The van der Waals surface area contributed by atoms with E-state index in [0.717, 1.165) is 16.7 Å². The molecule has 0 bridgehead atoms. The fourth-order valence-corrected chi connectivity index (χ4v) is 3.00. The van der Waals surface area contributed by atoms with Gasteiger partial charge < -0.3 is 19.5 Å². The van der Waals surface area contributed by atoms with Crippen molar-refractivity contribution in [3.63, 3.8) is 0 Å². The highest BCUT2D eigenvalue weighted by Crippen LogP contribution is 2.25. The van der Waals surface area contributed by atoms with Crippen molar-refractivity contribution in [1.29, 1.82) is 0 Å². The molecule has 0 spiro atoms. The largest absolute Gasteiger partial charge is 0.383 e. The Labute approximate surface area is 172 Å². The number of aryl methyl sites for hydroxylation is 2. The number of methoxy groups -OCH3 is 1. The third kappa shape index (κ3) is 6.71. The first kappa shape index (κ1) is 22.6. The lowest BCUT2D eigenvalue weighted by Gasteiger charge is -2.23. The number of carbonyl (C=O) groups excluding carboxylic acids is 2. The number of nitrogens with zero attached hydrogens (tertiary/aromatic N) is 2. The summed E-state index contributed by atoms with van der Waals surface area (Å²) in [6, 6.07) is 7.74. The van der Waals surface area contributed by atoms with E-state index in [1.54, 1.807) is 18.1 Å². The van der Waals surface area contributed by atoms with E-state index in [-0.39, 0.29) is 29.8 Å². The summed E-state index contributed by atoms with van der Waals surface area (Å²) in [5.41, 5.74) is 3.33. The van der Waals surface area contributed by atoms with Gasteiger partial charge in [-0.2, -0.15) is 0 Å². The van der Waals surface area contributed by atoms with Crippen LogP contribution in [0.15, 0.2) is 28.8 Å². The number of aromatic nitrogens is 1. The van der Waals surface area contributed by atoms with E-state index in [2.05, 4.69) is 10.5 Å². The quantitative estimate of drug-likeness (QED) is 0.618. The van der Waals surface area contributed by atoms with Gasteiger partial charge in [-0.25, -0.2) is 0 Å². The second kappa shape index (κ2) is 10.8. The minimum absolute atomic E-state index is 0.111. The van der Waals surface area contributed by atoms with Crippen LogP contribution in [0.25, 0.3) is 11.3 Å². The maximum absolute atomic E-state index is 13.0. The molecular weight excluding hydrogens is 370 g/mol. The van der Waals surface area contributed by atoms with E-state index in [0.29, 0.717) is 32.0 Å². The number of amides is 2. The summed E-state index contributed by atoms with van der Waals surface area (Å²) in [5, 5.41) is 6.77. The van der Waals surface area contributed by atoms with Gasteiger partial charge in [-0.05, 0) is 31.4 Å². The molecule has 1 aromatic heterocycles. The molecule has 7 heteroatoms. The molecule has 0 saturated carbocycles. The summed E-state index contributed by atoms with van der Waals surface area (Å²) in [6.07, 6.45) is 0.226. The van der Waals surface area contributed by atoms with Crippen LogP contribution in [0.1, 0.15) is 41.9 Å². The first-order valence-electron chi connectivity index (χ1n) is 9.91. The first-order valence-corrected chi connectivity index (χ1v) is 9.91. The zero-order valence-corrected chi connectivity index (χ0v) is 17.9. The van der Waals surface area contributed by atoms with Gasteiger partial charge in [0.2, 0.25) is 5.91 Å². The highest BCUT2D eigenvalue weighted by molar-refractivity contribution is 5.93. The number of benzene rings is 1. The van der Waals surface area contributed by atoms with Gasteiger partial charge in [0.05, 0.1) is 6.61 Å². The molecule has 29 heavy (non-hydrogen) atoms. The fraction of sp³-hybridized carbons (Fsp3) is 0.500. The molecule has 0 unspecified atom stereocenters. The van der Waals surface area contributed by atoms with Crippen LogP contribution in [0.2, 0.25) is 0 Å². The lowest BCUT2D eigenvalue weighted by molar-refractivity contribution is -0.121. The van der Waals surface area contributed by atoms with Gasteiger partial charge in [-0.15, -0.1) is 0 Å². The summed E-state index contributed by atoms with van der Waals surface area (Å²) < 4.78 is 10.4. The topological polar surface area (TPSA) is 84.7 Å². The summed E-state index contributed by atoms with van der Waals surface area (Å²) in [7, 11) is 1.58. The number of hydrogen-bond acceptors (Lipinski definition) is 5. The molecule has 1 aromatic carbocycles. The minimum Gasteiger partial charge on any atom is -0.383 e. The molecule has 0 aliphatic rings. The minimum atomic E-state index is -0.233. The van der Waals surface area contributed by atoms with Crippen LogP contribution in [-0.2, 0) is 9.53 Å². The molecule has 158 valence electrons. The maximum Gasteiger partial charge on any atom is 0.276 e. The normalized spacial score (nSPS) is 11.0. The van der Waals surface area contributed by atoms with Gasteiger partial charge >= 0.3 is 0 Å². The van der Waals surface area contributed by atoms with Crippen molar-refractivity contribution in [3.05, 3.63) is 41.1 Å². The Kier molecular flexibility index (Phi) is 8.39. The summed E-state index contributed by atoms with van der Waals surface area (Å²) in [4.78, 5) is 26.6. The Balaban J connectivity index is 2.10. The molecule has 0 atom stereocenters. The number of ether oxygens (including phenoxy) is 1. The van der Waals surface area contributed by atoms with Gasteiger partial charge in [0, 0.05) is 44.8 Å². The predicted octanol–water partition coefficient (Wildman–Crippen LogP) is 3.21. The van der Waals surface area contributed by atoms with E-state index in [1.165, 1.54) is 0 Å². The van der Waals surface area contributed by atoms with Gasteiger partial charge in [0.25, 0.3) is 5.91 Å². The Morgan fingerprint density at radius 2 is 2.00 bits per heavy atom. The van der Waals surface area contributed by atoms with Crippen LogP contribution >= 0.6 is 0 Å². The number of rotatable bonds is 10. The summed E-state index contributed by atoms with van der Waals surface area (Å²) in [5.74, 6) is 0.487. The summed E-state index contributed by atoms with van der Waals surface area (Å²) in [6.45, 7) is 9.83. The summed E-state index contributed by atoms with van der Waals surface area (Å²) >= 11 is 0. The van der Waals surface area contributed by atoms with Crippen LogP contribution < -0.4 is 5.32 Å². The zero-order chi connectivity index (χ0) is 21.4. The number of nitrogens with one attached hydrogen (secondary N) is 1. The van der Waals surface area contributed by atoms with Crippen LogP contribution in [0.5, 0.6) is 0 Å². The molecule has 0 fully saturated rings. The van der Waals surface area contributed by atoms with Crippen molar-refractivity contribution in [2.75, 3.05) is 33.4 Å². The number of hydrogen-bond donors (Lipinski definition) is 1. The molecule has 1 N–H and O–H groups in total. The van der Waals surface area contributed by atoms with Crippen molar-refractivity contribution in [2.45, 2.75) is 34.1 Å². The Morgan fingerprint density at radius 3 is 2.69 bits per heavy atom. The zero-order valence-electron chi connectivity index (χ0n) is 17.9. The third-order valence-corrected chi connectivity index (χ3v) is 4.50. The monoisotopic (exact) mass is 401 g/mol. The van der Waals surface area contributed by atoms with Crippen LogP contribution in [-0.4, -0.2) is 55.2 Å². The smallest absolute Gasteiger partial charge is 0.276 e. The molecule has 0 saturated heterocycles. The van der Waals surface area contributed by atoms with Gasteiger partial charge in [0.1, 0.15) is 0 Å². The molecule has 1 heterocycles. The van der Waals surface area contributed by atoms with Crippen molar-refractivity contribution in [2.24, 2.45) is 5.92 Å². The van der Waals surface area contributed by atoms with E-state index < -0.39 is 0 Å². The Hall–Kier alpha value is -2.67. The lowest BCUT2D eigenvalue weighted by Crippen LogP contribution is -2.38. The SMILES string of the molecule is COCCNC(=O)CCN(CC(C)C)C(=O)c1cc(-c2cc(C)ccc2C)on1. The van der Waals surface area contributed by atoms with Crippen LogP contribution in [0, 0.1) is 19.8 Å². The molecule has 7 nitrogen and oxygen atoms in total. The molecular formula is C22H31N3O4. The molecule has 0 aliphatic carbocycles. The van der Waals surface area contributed by atoms with Crippen molar-refractivity contribution in [1.82, 2.24) is 15.4 Å². The molecule has 2 amide bonds. The van der Waals surface area contributed by atoms with Crippen molar-refractivity contribution < 1.29 is 18.8 Å². The highest BCUT2D eigenvalue weighted by Gasteiger charge is 2.22. The van der Waals surface area contributed by atoms with E-state index in [4.69, 9.17) is 9.26 Å². The fourth-order valence-electron chi connectivity index (χ4n) is 3.00. The molecule has 0 radical (unpaired) electrons. The van der Waals surface area contributed by atoms with E-state index in [9.17, 15) is 9.59 Å². The number of carbonyl (C=O) groups is 2. The predicted molar refractivity (Wildman–Crippen MR) is 112 cm³/mol. The third-order valence-electron chi connectivity index (χ3n) is 4.50. The van der Waals surface area contributed by atoms with E-state index >= 15 is 0 Å². The second-order valence-corrected chi connectivity index (χ2v) is 7.63. The van der Waals surface area contributed by atoms with Gasteiger partial charge in [-0.3, -0.25) is 9.59 Å². The maximum atomic E-state index is 13.0. The molecule has 0 aliphatic heterocycles. The van der Waals surface area contributed by atoms with Crippen molar-refractivity contribution in [3.8, 4) is 11.3 Å². The average Bonchev–Trinajstić information content (AvgIpc) is 3.16. The highest BCUT2D eigenvalue weighted by atomic mass is 16.5. The average molecular weight is 402 g/mol. The van der Waals surface area contributed by atoms with E-state index in [1.807, 2.05) is 45.9 Å². The second-order valence-electron chi connectivity index (χ2n) is 7.63. The standard InChI is InChI=1S/C22H31N3O4/c1-15(2)14-25(10-8-21(26)23-9-11-28-5)22(27)19-13-20(29-24-19)18-12-16(3)6-7-17(18)4/h6-7,12-13,15H,8-11,14H2,1-5H3,(H,23,26). The Morgan fingerprint density at radius 1 is 1.24 bits per heavy atom. The van der Waals surface area contributed by atoms with Crippen molar-refractivity contribution >= 4 is 11.8 Å². The lowest BCUT2D eigenvalue weighted by atomic mass is 10.0. The first-order chi connectivity index (χ1) is 13.8. The van der Waals surface area contributed by atoms with Gasteiger partial charge in [-0.1, -0.05) is 36.7 Å². The van der Waals surface area contributed by atoms with Gasteiger partial charge in [0.15, 0.2) is 11.5 Å². The van der Waals surface area contributed by atoms with Crippen LogP contribution in [0.4, 0.5) is 0 Å². The van der Waals surface area contributed by atoms with Crippen LogP contribution in [0.3, 0.4) is 0 Å².